The predicted molar refractivity (Wildman–Crippen MR) is 93.2 cm³/mol. The molecular weight excluding hydrogens is 344 g/mol. The van der Waals surface area contributed by atoms with Gasteiger partial charge >= 0.3 is 11.7 Å². The van der Waals surface area contributed by atoms with Gasteiger partial charge in [0.1, 0.15) is 11.3 Å². The molecule has 0 radical (unpaired) electrons. The summed E-state index contributed by atoms with van der Waals surface area (Å²) in [7, 11) is 2.71. The van der Waals surface area contributed by atoms with Gasteiger partial charge in [-0.2, -0.15) is 0 Å². The summed E-state index contributed by atoms with van der Waals surface area (Å²) < 4.78 is 35.0. The lowest BCUT2D eigenvalue weighted by Crippen LogP contribution is -2.22. The second kappa shape index (κ2) is 6.62. The van der Waals surface area contributed by atoms with Crippen molar-refractivity contribution in [3.8, 4) is 5.69 Å². The Balaban J connectivity index is 2.28. The number of ether oxygens (including phenoxy) is 1. The van der Waals surface area contributed by atoms with Crippen LogP contribution >= 0.6 is 0 Å². The minimum atomic E-state index is -0.862. The van der Waals surface area contributed by atoms with Crippen molar-refractivity contribution >= 4 is 22.7 Å². The van der Waals surface area contributed by atoms with Gasteiger partial charge in [-0.1, -0.05) is 6.07 Å². The summed E-state index contributed by atoms with van der Waals surface area (Å²) >= 11 is 0. The van der Waals surface area contributed by atoms with Gasteiger partial charge in [-0.3, -0.25) is 13.9 Å². The number of esters is 1. The van der Waals surface area contributed by atoms with Crippen molar-refractivity contribution in [1.82, 2.24) is 9.13 Å². The molecule has 3 rings (SSSR count). The number of imidazole rings is 1. The number of methoxy groups -OCH3 is 1. The minimum absolute atomic E-state index is 0.0499. The van der Waals surface area contributed by atoms with Crippen molar-refractivity contribution in [2.24, 2.45) is 7.05 Å². The van der Waals surface area contributed by atoms with E-state index in [0.717, 1.165) is 21.3 Å². The number of anilines is 1. The number of hydrogen-bond acceptors (Lipinski definition) is 4. The molecule has 26 heavy (non-hydrogen) atoms. The highest BCUT2D eigenvalue weighted by atomic mass is 19.1. The number of nitrogen functional groups attached to an aromatic ring is 1. The van der Waals surface area contributed by atoms with Crippen LogP contribution in [0, 0.1) is 11.6 Å². The average molecular weight is 361 g/mol. The van der Waals surface area contributed by atoms with E-state index in [2.05, 4.69) is 4.74 Å². The molecule has 0 atom stereocenters. The highest BCUT2D eigenvalue weighted by Crippen LogP contribution is 2.27. The number of rotatable bonds is 4. The van der Waals surface area contributed by atoms with Crippen molar-refractivity contribution < 1.29 is 18.3 Å². The van der Waals surface area contributed by atoms with Crippen LogP contribution in [0.4, 0.5) is 14.5 Å². The second-order valence-electron chi connectivity index (χ2n) is 5.85. The number of aromatic nitrogens is 2. The van der Waals surface area contributed by atoms with Crippen molar-refractivity contribution in [2.75, 3.05) is 12.8 Å². The quantitative estimate of drug-likeness (QED) is 0.571. The summed E-state index contributed by atoms with van der Waals surface area (Å²) in [5, 5.41) is 0. The summed E-state index contributed by atoms with van der Waals surface area (Å²) in [5.74, 6) is -2.07. The number of carbonyl (C=O) groups is 1. The Kier molecular flexibility index (Phi) is 4.50. The van der Waals surface area contributed by atoms with E-state index in [-0.39, 0.29) is 23.9 Å². The number of hydrogen-bond donors (Lipinski definition) is 1. The first kappa shape index (κ1) is 17.7. The van der Waals surface area contributed by atoms with E-state index in [0.29, 0.717) is 16.9 Å². The molecule has 2 N–H and O–H groups in total. The number of halogens is 2. The van der Waals surface area contributed by atoms with Crippen LogP contribution in [-0.2, 0) is 23.0 Å². The fourth-order valence-corrected chi connectivity index (χ4v) is 3.00. The first-order valence-corrected chi connectivity index (χ1v) is 7.86. The molecule has 2 aromatic carbocycles. The molecular formula is C18H17F2N3O3. The zero-order chi connectivity index (χ0) is 19.0. The molecule has 0 saturated heterocycles. The topological polar surface area (TPSA) is 79.2 Å². The van der Waals surface area contributed by atoms with Crippen LogP contribution in [0.5, 0.6) is 0 Å². The van der Waals surface area contributed by atoms with E-state index in [4.69, 9.17) is 5.73 Å². The SMILES string of the molecule is COC(=O)CCc1c(N)cccc1-n1c(=O)n(C)c2cc(F)cc(F)c21. The molecule has 3 aromatic rings. The van der Waals surface area contributed by atoms with Crippen molar-refractivity contribution in [2.45, 2.75) is 12.8 Å². The zero-order valence-electron chi connectivity index (χ0n) is 14.3. The highest BCUT2D eigenvalue weighted by Gasteiger charge is 2.20. The largest absolute Gasteiger partial charge is 0.469 e. The van der Waals surface area contributed by atoms with Crippen molar-refractivity contribution in [3.05, 3.63) is 58.0 Å². The molecule has 1 heterocycles. The van der Waals surface area contributed by atoms with Gasteiger partial charge in [0.2, 0.25) is 0 Å². The normalized spacial score (nSPS) is 11.1. The monoisotopic (exact) mass is 361 g/mol. The number of nitrogens with zero attached hydrogens (tertiary/aromatic N) is 2. The summed E-state index contributed by atoms with van der Waals surface area (Å²) in [6, 6.07) is 6.67. The van der Waals surface area contributed by atoms with Crippen molar-refractivity contribution in [3.63, 3.8) is 0 Å². The van der Waals surface area contributed by atoms with Gasteiger partial charge in [0.05, 0.1) is 18.3 Å². The molecule has 1 aromatic heterocycles. The summed E-state index contributed by atoms with van der Waals surface area (Å²) in [6.45, 7) is 0. The molecule has 8 heteroatoms. The smallest absolute Gasteiger partial charge is 0.333 e. The van der Waals surface area contributed by atoms with Gasteiger partial charge in [-0.05, 0) is 24.1 Å². The number of benzene rings is 2. The first-order chi connectivity index (χ1) is 12.3. The van der Waals surface area contributed by atoms with E-state index in [1.54, 1.807) is 18.2 Å². The standard InChI is InChI=1S/C18H17F2N3O3/c1-22-15-9-10(19)8-12(20)17(15)23(18(22)25)14-5-3-4-13(21)11(14)6-7-16(24)26-2/h3-5,8-9H,6-7,21H2,1-2H3. The van der Waals surface area contributed by atoms with Gasteiger partial charge in [-0.15, -0.1) is 0 Å². The van der Waals surface area contributed by atoms with E-state index in [9.17, 15) is 18.4 Å². The maximum atomic E-state index is 14.5. The fraction of sp³-hybridized carbons (Fsp3) is 0.222. The van der Waals surface area contributed by atoms with Crippen LogP contribution in [-0.4, -0.2) is 22.2 Å². The number of carbonyl (C=O) groups excluding carboxylic acids is 1. The highest BCUT2D eigenvalue weighted by molar-refractivity contribution is 5.80. The Morgan fingerprint density at radius 1 is 1.27 bits per heavy atom. The number of fused-ring (bicyclic) bond motifs is 1. The lowest BCUT2D eigenvalue weighted by molar-refractivity contribution is -0.140. The van der Waals surface area contributed by atoms with Gasteiger partial charge in [0.25, 0.3) is 0 Å². The van der Waals surface area contributed by atoms with Gasteiger partial charge in [-0.25, -0.2) is 13.6 Å². The third kappa shape index (κ3) is 2.83. The Morgan fingerprint density at radius 2 is 2.00 bits per heavy atom. The van der Waals surface area contributed by atoms with E-state index in [1.807, 2.05) is 0 Å². The van der Waals surface area contributed by atoms with Crippen LogP contribution in [0.25, 0.3) is 16.7 Å². The summed E-state index contributed by atoms with van der Waals surface area (Å²) in [6.07, 6.45) is 0.259. The average Bonchev–Trinajstić information content (AvgIpc) is 2.85. The fourth-order valence-electron chi connectivity index (χ4n) is 3.00. The molecule has 0 aliphatic carbocycles. The molecule has 0 spiro atoms. The van der Waals surface area contributed by atoms with Gasteiger partial charge in [0.15, 0.2) is 5.82 Å². The van der Waals surface area contributed by atoms with Crippen LogP contribution in [0.2, 0.25) is 0 Å². The first-order valence-electron chi connectivity index (χ1n) is 7.86. The summed E-state index contributed by atoms with van der Waals surface area (Å²) in [5.41, 5.74) is 6.75. The molecule has 0 aliphatic heterocycles. The minimum Gasteiger partial charge on any atom is -0.469 e. The second-order valence-corrected chi connectivity index (χ2v) is 5.85. The third-order valence-corrected chi connectivity index (χ3v) is 4.31. The Labute approximate surface area is 147 Å². The molecule has 0 fully saturated rings. The van der Waals surface area contributed by atoms with Crippen LogP contribution in [0.3, 0.4) is 0 Å². The molecule has 6 nitrogen and oxygen atoms in total. The molecule has 0 aliphatic rings. The Bertz CT molecular complexity index is 1070. The molecule has 0 saturated carbocycles. The zero-order valence-corrected chi connectivity index (χ0v) is 14.3. The van der Waals surface area contributed by atoms with Gasteiger partial charge in [0, 0.05) is 31.3 Å². The number of nitrogens with two attached hydrogens (primary N) is 1. The molecule has 136 valence electrons. The van der Waals surface area contributed by atoms with E-state index >= 15 is 0 Å². The molecule has 0 amide bonds. The van der Waals surface area contributed by atoms with Gasteiger partial charge < -0.3 is 10.5 Å². The van der Waals surface area contributed by atoms with Crippen LogP contribution < -0.4 is 11.4 Å². The molecule has 0 unspecified atom stereocenters. The van der Waals surface area contributed by atoms with E-state index in [1.165, 1.54) is 14.2 Å². The third-order valence-electron chi connectivity index (χ3n) is 4.31. The number of aryl methyl sites for hydroxylation is 1. The summed E-state index contributed by atoms with van der Waals surface area (Å²) in [4.78, 5) is 24.2. The maximum absolute atomic E-state index is 14.5. The lowest BCUT2D eigenvalue weighted by atomic mass is 10.0. The van der Waals surface area contributed by atoms with Crippen molar-refractivity contribution in [1.29, 1.82) is 0 Å². The maximum Gasteiger partial charge on any atom is 0.333 e. The lowest BCUT2D eigenvalue weighted by Gasteiger charge is -2.13. The van der Waals surface area contributed by atoms with Crippen LogP contribution in [0.1, 0.15) is 12.0 Å². The predicted octanol–water partition coefficient (Wildman–Crippen LogP) is 2.30. The molecule has 0 bridgehead atoms. The Hall–Kier alpha value is -3.16. The van der Waals surface area contributed by atoms with Crippen LogP contribution in [0.15, 0.2) is 35.1 Å². The van der Waals surface area contributed by atoms with E-state index < -0.39 is 23.3 Å². The Morgan fingerprint density at radius 3 is 2.69 bits per heavy atom.